The van der Waals surface area contributed by atoms with Crippen molar-refractivity contribution in [2.24, 2.45) is 23.7 Å². The molecule has 3 aliphatic heterocycles. The predicted octanol–water partition coefficient (Wildman–Crippen LogP) is 0.991. The first-order valence-corrected chi connectivity index (χ1v) is 24.8. The largest absolute Gasteiger partial charge is 0.507 e. The summed E-state index contributed by atoms with van der Waals surface area (Å²) >= 11 is 0.728. The van der Waals surface area contributed by atoms with Gasteiger partial charge < -0.3 is 85.3 Å². The molecule has 0 unspecified atom stereocenters. The lowest BCUT2D eigenvalue weighted by Gasteiger charge is -2.49. The van der Waals surface area contributed by atoms with Crippen molar-refractivity contribution in [3.8, 4) is 5.75 Å². The second kappa shape index (κ2) is 27.9. The number of carboxylic acids is 1. The van der Waals surface area contributed by atoms with E-state index >= 15 is 0 Å². The summed E-state index contributed by atoms with van der Waals surface area (Å²) in [6.07, 6.45) is -9.71. The average Bonchev–Trinajstić information content (AvgIpc) is 3.28. The molecule has 416 valence electrons. The van der Waals surface area contributed by atoms with Crippen LogP contribution >= 0.6 is 11.8 Å². The fourth-order valence-electron chi connectivity index (χ4n) is 9.71. The number of aliphatic hydroxyl groups is 5. The fraction of sp³-hybridized carbons (Fsp3) is 0.776. The van der Waals surface area contributed by atoms with Crippen LogP contribution in [-0.2, 0) is 47.6 Å². The molecule has 12 N–H and O–H groups in total. The first kappa shape index (κ1) is 66.6. The second-order valence-electron chi connectivity index (χ2n) is 20.2. The number of amides is 1. The lowest BCUT2D eigenvalue weighted by molar-refractivity contribution is -0.318. The summed E-state index contributed by atoms with van der Waals surface area (Å²) in [5, 5.41) is 77.7. The maximum atomic E-state index is 14.1. The molecular formula is C49H84N2O20S. The van der Waals surface area contributed by atoms with Crippen molar-refractivity contribution in [2.45, 2.75) is 192 Å². The van der Waals surface area contributed by atoms with E-state index in [9.17, 15) is 54.6 Å². The van der Waals surface area contributed by atoms with Gasteiger partial charge in [0.05, 0.1) is 53.2 Å². The van der Waals surface area contributed by atoms with Crippen LogP contribution in [0.2, 0.25) is 0 Å². The zero-order valence-corrected chi connectivity index (χ0v) is 44.9. The molecule has 0 radical (unpaired) electrons. The number of cyclic esters (lactones) is 1. The van der Waals surface area contributed by atoms with E-state index in [4.69, 9.17) is 33.5 Å². The molecule has 19 atom stereocenters. The standard InChI is InChI=1S/C37H67NO13.C12H13NO5S.2H2O/c1-14-25-37(10,45)30(41)20(4)27(39)18(2)16-35(8,44)32(51-34-28(40)24(38(11)12)15-19(3)47-34)21(5)29(22(6)33(43)49-25)50-26-17-36(9,46-13)31(42)23(7)48-26;1-7(14)13-9(11(16)17)6-19-12(18)8-4-2-3-5-10(8)15;;/h18-26,28-32,34,40-42,44-45H,14-17H2,1-13H3;2-5,9,15H,6H2,1H3,(H,13,14)(H,16,17);2*1H2/t18-,19-,20+,21-,22-,23+,24+,25-,26+,28-,29+,30+,31+,32-,34+,35-,36-,37-;9-;;/m10../s1. The van der Waals surface area contributed by atoms with Gasteiger partial charge >= 0.3 is 11.9 Å². The molecule has 1 amide bonds. The Hall–Kier alpha value is -3.40. The molecule has 3 heterocycles. The number of ketones is 1. The molecule has 0 bridgehead atoms. The summed E-state index contributed by atoms with van der Waals surface area (Å²) in [5.41, 5.74) is -4.73. The maximum absolute atomic E-state index is 14.1. The minimum absolute atomic E-state index is 0. The van der Waals surface area contributed by atoms with Crippen molar-refractivity contribution in [1.82, 2.24) is 10.2 Å². The summed E-state index contributed by atoms with van der Waals surface area (Å²) in [7, 11) is 5.18. The molecule has 72 heavy (non-hydrogen) atoms. The van der Waals surface area contributed by atoms with Crippen LogP contribution in [0.4, 0.5) is 0 Å². The van der Waals surface area contributed by atoms with Gasteiger partial charge in [-0.1, -0.05) is 51.6 Å². The number of nitrogens with one attached hydrogen (secondary N) is 1. The molecule has 1 aromatic rings. The highest BCUT2D eigenvalue weighted by Gasteiger charge is 2.53. The number of Topliss-reactive ketones (excluding diaryl/α,β-unsaturated/α-hetero) is 1. The smallest absolute Gasteiger partial charge is 0.327 e. The van der Waals surface area contributed by atoms with Crippen LogP contribution < -0.4 is 5.32 Å². The molecule has 3 saturated heterocycles. The molecule has 0 aromatic heterocycles. The number of aromatic hydroxyl groups is 1. The normalized spacial score (nSPS) is 38.3. The van der Waals surface area contributed by atoms with Crippen molar-refractivity contribution in [3.05, 3.63) is 29.8 Å². The highest BCUT2D eigenvalue weighted by atomic mass is 32.2. The highest BCUT2D eigenvalue weighted by Crippen LogP contribution is 2.41. The molecular weight excluding hydrogens is 969 g/mol. The van der Waals surface area contributed by atoms with E-state index in [1.807, 2.05) is 25.9 Å². The van der Waals surface area contributed by atoms with E-state index in [1.165, 1.54) is 46.9 Å². The molecule has 4 rings (SSSR count). The number of phenols is 1. The van der Waals surface area contributed by atoms with Crippen molar-refractivity contribution >= 4 is 40.5 Å². The van der Waals surface area contributed by atoms with Crippen LogP contribution in [-0.4, -0.2) is 198 Å². The Morgan fingerprint density at radius 1 is 0.917 bits per heavy atom. The third-order valence-electron chi connectivity index (χ3n) is 14.0. The zero-order chi connectivity index (χ0) is 53.4. The zero-order valence-electron chi connectivity index (χ0n) is 44.1. The summed E-state index contributed by atoms with van der Waals surface area (Å²) in [6, 6.07) is 4.52. The summed E-state index contributed by atoms with van der Waals surface area (Å²) in [5.74, 6) is -6.94. The fourth-order valence-corrected chi connectivity index (χ4v) is 10.6. The third kappa shape index (κ3) is 16.5. The molecule has 22 nitrogen and oxygen atoms in total. The van der Waals surface area contributed by atoms with Crippen molar-refractivity contribution in [1.29, 1.82) is 0 Å². The maximum Gasteiger partial charge on any atom is 0.327 e. The van der Waals surface area contributed by atoms with Crippen molar-refractivity contribution < 1.29 is 99.1 Å². The highest BCUT2D eigenvalue weighted by molar-refractivity contribution is 8.14. The molecule has 0 spiro atoms. The minimum Gasteiger partial charge on any atom is -0.507 e. The van der Waals surface area contributed by atoms with Gasteiger partial charge in [-0.15, -0.1) is 0 Å². The number of methoxy groups -OCH3 is 1. The average molecular weight is 1050 g/mol. The number of esters is 1. The number of likely N-dealkylation sites (N-methyl/N-ethyl adjacent to an activating group) is 1. The van der Waals surface area contributed by atoms with E-state index in [2.05, 4.69) is 5.32 Å². The number of carboxylic acid groups (broad SMARTS) is 1. The number of carbonyl (C=O) groups is 5. The predicted molar refractivity (Wildman–Crippen MR) is 264 cm³/mol. The number of phenolic OH excluding ortho intramolecular Hbond substituents is 1. The Labute approximate surface area is 427 Å². The van der Waals surface area contributed by atoms with Crippen molar-refractivity contribution in [2.75, 3.05) is 27.0 Å². The number of hydrogen-bond donors (Lipinski definition) is 8. The SMILES string of the molecule is CC(=O)N[C@@H](CSC(=O)c1ccccc1O)C(=O)O.CC[C@H]1OC(=O)[C@H](C)[C@@H](O[C@H]2C[C@@](C)(OC)[C@@H](O)[C@H](C)O2)[C@@H](C)[C@@H](O[C@@H]2O[C@H](C)C[C@H](N(C)C)[C@H]2O)[C@](C)(O)C[C@@H](C)C(=O)[C@H](C)[C@H](O)[C@]1(C)O.O.O. The number of rotatable bonds is 12. The van der Waals surface area contributed by atoms with Crippen LogP contribution in [0.3, 0.4) is 0 Å². The Morgan fingerprint density at radius 3 is 2.04 bits per heavy atom. The van der Waals surface area contributed by atoms with Crippen LogP contribution in [0.15, 0.2) is 24.3 Å². The lowest BCUT2D eigenvalue weighted by Crippen LogP contribution is -2.61. The topological polar surface area (TPSA) is 361 Å². The van der Waals surface area contributed by atoms with Gasteiger partial charge in [0.2, 0.25) is 11.0 Å². The Morgan fingerprint density at radius 2 is 1.51 bits per heavy atom. The van der Waals surface area contributed by atoms with E-state index in [-0.39, 0.29) is 59.4 Å². The monoisotopic (exact) mass is 1050 g/mol. The van der Waals surface area contributed by atoms with Crippen molar-refractivity contribution in [3.63, 3.8) is 0 Å². The summed E-state index contributed by atoms with van der Waals surface area (Å²) in [6.45, 7) is 17.5. The van der Waals surface area contributed by atoms with Crippen LogP contribution in [0.5, 0.6) is 5.75 Å². The number of para-hydroxylation sites is 1. The molecule has 3 fully saturated rings. The van der Waals surface area contributed by atoms with Crippen LogP contribution in [0.1, 0.15) is 112 Å². The van der Waals surface area contributed by atoms with Gasteiger partial charge in [0.1, 0.15) is 41.5 Å². The Balaban J connectivity index is 0.00000104. The van der Waals surface area contributed by atoms with Gasteiger partial charge in [0, 0.05) is 50.0 Å². The molecule has 0 aliphatic carbocycles. The number of ether oxygens (including phenoxy) is 6. The number of nitrogens with zero attached hydrogens (tertiary/aromatic N) is 1. The summed E-state index contributed by atoms with van der Waals surface area (Å²) in [4.78, 5) is 63.2. The number of aliphatic carboxylic acids is 1. The molecule has 3 aliphatic rings. The quantitative estimate of drug-likeness (QED) is 0.135. The molecule has 0 saturated carbocycles. The molecule has 23 heteroatoms. The minimum atomic E-state index is -1.99. The van der Waals surface area contributed by atoms with Gasteiger partial charge in [-0.2, -0.15) is 0 Å². The second-order valence-corrected chi connectivity index (χ2v) is 21.2. The Kier molecular flexibility index (Phi) is 25.8. The van der Waals surface area contributed by atoms with E-state index in [0.29, 0.717) is 6.42 Å². The van der Waals surface area contributed by atoms with E-state index in [0.717, 1.165) is 11.8 Å². The lowest BCUT2D eigenvalue weighted by atomic mass is 9.74. The van der Waals surface area contributed by atoms with E-state index in [1.54, 1.807) is 53.7 Å². The third-order valence-corrected chi connectivity index (χ3v) is 15.0. The van der Waals surface area contributed by atoms with Gasteiger partial charge in [-0.25, -0.2) is 4.79 Å². The summed E-state index contributed by atoms with van der Waals surface area (Å²) < 4.78 is 37.1. The number of carbonyl (C=O) groups excluding carboxylic acids is 4. The van der Waals surface area contributed by atoms with Gasteiger partial charge in [-0.3, -0.25) is 19.2 Å². The van der Waals surface area contributed by atoms with E-state index < -0.39 is 131 Å². The first-order chi connectivity index (χ1) is 32.3. The van der Waals surface area contributed by atoms with Gasteiger partial charge in [0.15, 0.2) is 12.6 Å². The van der Waals surface area contributed by atoms with Crippen LogP contribution in [0, 0.1) is 23.7 Å². The number of benzene rings is 1. The van der Waals surface area contributed by atoms with Gasteiger partial charge in [0.25, 0.3) is 0 Å². The number of thioether (sulfide) groups is 1. The van der Waals surface area contributed by atoms with Crippen LogP contribution in [0.25, 0.3) is 0 Å². The van der Waals surface area contributed by atoms with Gasteiger partial charge in [-0.05, 0) is 87.0 Å². The molecule has 1 aromatic carbocycles. The number of aliphatic hydroxyl groups excluding tert-OH is 3. The number of hydrogen-bond acceptors (Lipinski definition) is 19. The Bertz CT molecular complexity index is 1920. The first-order valence-electron chi connectivity index (χ1n) is 23.9.